The number of carbonyl (C=O) groups is 2. The number of carboxylic acids is 1. The molecule has 1 amide bonds. The zero-order valence-electron chi connectivity index (χ0n) is 27.5. The topological polar surface area (TPSA) is 108 Å². The van der Waals surface area contributed by atoms with E-state index in [1.165, 1.54) is 11.7 Å². The zero-order chi connectivity index (χ0) is 32.6. The SMILES string of the molecule is COc1c(N2CC[C@@H](CN(CCN(C)C)C3CCN(C(=O)OC(C)(C)C)CC3)C2)ccc2c(=O)c(C(=O)O)c(F)n(C3CC3)c12. The summed E-state index contributed by atoms with van der Waals surface area (Å²) in [4.78, 5) is 46.4. The van der Waals surface area contributed by atoms with Crippen LogP contribution in [0.2, 0.25) is 0 Å². The Bertz CT molecular complexity index is 1470. The van der Waals surface area contributed by atoms with E-state index < -0.39 is 28.5 Å². The van der Waals surface area contributed by atoms with Crippen LogP contribution in [0.1, 0.15) is 69.3 Å². The van der Waals surface area contributed by atoms with Gasteiger partial charge in [0.2, 0.25) is 11.4 Å². The molecule has 1 atom stereocenters. The lowest BCUT2D eigenvalue weighted by atomic mass is 10.0. The van der Waals surface area contributed by atoms with Crippen LogP contribution in [0.5, 0.6) is 5.75 Å². The fourth-order valence-corrected chi connectivity index (χ4v) is 6.76. The van der Waals surface area contributed by atoms with E-state index in [-0.39, 0.29) is 17.5 Å². The third-order valence-corrected chi connectivity index (χ3v) is 9.16. The molecular weight excluding hydrogens is 581 g/mol. The second-order valence-corrected chi connectivity index (χ2v) is 14.0. The van der Waals surface area contributed by atoms with Gasteiger partial charge in [0.1, 0.15) is 5.60 Å². The molecule has 1 N–H and O–H groups in total. The van der Waals surface area contributed by atoms with Gasteiger partial charge < -0.3 is 33.8 Å². The minimum absolute atomic E-state index is 0.157. The van der Waals surface area contributed by atoms with Crippen LogP contribution >= 0.6 is 0 Å². The Labute approximate surface area is 264 Å². The van der Waals surface area contributed by atoms with Crippen molar-refractivity contribution in [3.05, 3.63) is 33.9 Å². The molecule has 0 unspecified atom stereocenters. The van der Waals surface area contributed by atoms with Gasteiger partial charge in [-0.05, 0) is 85.0 Å². The predicted molar refractivity (Wildman–Crippen MR) is 171 cm³/mol. The molecule has 1 aliphatic carbocycles. The molecule has 5 rings (SSSR count). The molecule has 12 heteroatoms. The molecule has 2 aromatic rings. The van der Waals surface area contributed by atoms with Crippen molar-refractivity contribution in [1.82, 2.24) is 19.3 Å². The van der Waals surface area contributed by atoms with Gasteiger partial charge in [-0.15, -0.1) is 0 Å². The zero-order valence-corrected chi connectivity index (χ0v) is 27.5. The number of hydrogen-bond donors (Lipinski definition) is 1. The van der Waals surface area contributed by atoms with E-state index in [0.29, 0.717) is 49.2 Å². The Hall–Kier alpha value is -3.38. The molecule has 0 bridgehead atoms. The van der Waals surface area contributed by atoms with Crippen LogP contribution in [0, 0.1) is 11.9 Å². The quantitative estimate of drug-likeness (QED) is 0.386. The van der Waals surface area contributed by atoms with Gasteiger partial charge in [0.15, 0.2) is 11.3 Å². The van der Waals surface area contributed by atoms with Crippen molar-refractivity contribution in [2.45, 2.75) is 70.6 Å². The predicted octanol–water partition coefficient (Wildman–Crippen LogP) is 4.27. The number of carbonyl (C=O) groups excluding carboxylic acids is 1. The third kappa shape index (κ3) is 7.22. The molecule has 45 heavy (non-hydrogen) atoms. The number of ether oxygens (including phenoxy) is 2. The number of amides is 1. The molecule has 2 aliphatic heterocycles. The number of anilines is 1. The van der Waals surface area contributed by atoms with Crippen molar-refractivity contribution < 1.29 is 28.6 Å². The summed E-state index contributed by atoms with van der Waals surface area (Å²) in [6.45, 7) is 11.4. The molecule has 2 saturated heterocycles. The highest BCUT2D eigenvalue weighted by molar-refractivity contribution is 5.97. The first-order valence-corrected chi connectivity index (χ1v) is 16.1. The first-order valence-electron chi connectivity index (χ1n) is 16.1. The van der Waals surface area contributed by atoms with Crippen LogP contribution in [0.15, 0.2) is 16.9 Å². The van der Waals surface area contributed by atoms with Gasteiger partial charge >= 0.3 is 12.1 Å². The summed E-state index contributed by atoms with van der Waals surface area (Å²) in [6, 6.07) is 3.60. The van der Waals surface area contributed by atoms with E-state index in [2.05, 4.69) is 28.8 Å². The molecule has 3 aliphatic rings. The summed E-state index contributed by atoms with van der Waals surface area (Å²) in [7, 11) is 5.68. The lowest BCUT2D eigenvalue weighted by Gasteiger charge is -2.40. The standard InChI is InChI=1S/C33H48FN5O6/c1-33(2,3)45-32(43)36-15-12-22(13-16-36)37(18-17-35(4)5)19-21-11-14-38(20-21)25-10-9-24-27(29(25)44-6)39(23-7-8-23)30(34)26(28(24)40)31(41)42/h9-10,21-23H,7-8,11-20H2,1-6H3,(H,41,42)/t21-/m0/s1. The molecule has 1 saturated carbocycles. The Balaban J connectivity index is 1.34. The van der Waals surface area contributed by atoms with Crippen LogP contribution in [0.4, 0.5) is 14.9 Å². The minimum atomic E-state index is -1.56. The number of fused-ring (bicyclic) bond motifs is 1. The summed E-state index contributed by atoms with van der Waals surface area (Å²) in [6.07, 6.45) is 3.94. The van der Waals surface area contributed by atoms with Crippen molar-refractivity contribution in [2.24, 2.45) is 5.92 Å². The fourth-order valence-electron chi connectivity index (χ4n) is 6.76. The number of pyridine rings is 1. The first kappa shape index (κ1) is 33.0. The van der Waals surface area contributed by atoms with Crippen molar-refractivity contribution in [1.29, 1.82) is 0 Å². The average molecular weight is 630 g/mol. The number of aromatic nitrogens is 1. The molecule has 0 spiro atoms. The van der Waals surface area contributed by atoms with Crippen LogP contribution in [0.3, 0.4) is 0 Å². The van der Waals surface area contributed by atoms with Gasteiger partial charge in [0, 0.05) is 57.9 Å². The highest BCUT2D eigenvalue weighted by Gasteiger charge is 2.36. The highest BCUT2D eigenvalue weighted by Crippen LogP contribution is 2.44. The monoisotopic (exact) mass is 629 g/mol. The number of rotatable bonds is 10. The maximum absolute atomic E-state index is 15.6. The van der Waals surface area contributed by atoms with E-state index in [9.17, 15) is 19.5 Å². The summed E-state index contributed by atoms with van der Waals surface area (Å²) >= 11 is 0. The number of likely N-dealkylation sites (N-methyl/N-ethyl adjacent to an activating group) is 1. The molecule has 1 aromatic heterocycles. The van der Waals surface area contributed by atoms with Crippen molar-refractivity contribution in [3.8, 4) is 5.75 Å². The third-order valence-electron chi connectivity index (χ3n) is 9.16. The molecule has 11 nitrogen and oxygen atoms in total. The largest absolute Gasteiger partial charge is 0.492 e. The first-order chi connectivity index (χ1) is 21.3. The lowest BCUT2D eigenvalue weighted by Crippen LogP contribution is -2.50. The number of methoxy groups -OCH3 is 1. The van der Waals surface area contributed by atoms with E-state index in [0.717, 1.165) is 57.7 Å². The molecule has 3 heterocycles. The van der Waals surface area contributed by atoms with Crippen LogP contribution in [-0.2, 0) is 4.74 Å². The van der Waals surface area contributed by atoms with E-state index in [1.54, 1.807) is 6.07 Å². The molecule has 0 radical (unpaired) electrons. The normalized spacial score (nSPS) is 19.6. The van der Waals surface area contributed by atoms with Gasteiger partial charge in [0.25, 0.3) is 0 Å². The van der Waals surface area contributed by atoms with Gasteiger partial charge in [-0.1, -0.05) is 0 Å². The van der Waals surface area contributed by atoms with E-state index >= 15 is 4.39 Å². The van der Waals surface area contributed by atoms with Crippen molar-refractivity contribution in [2.75, 3.05) is 71.9 Å². The lowest BCUT2D eigenvalue weighted by molar-refractivity contribution is 0.0130. The van der Waals surface area contributed by atoms with Gasteiger partial charge in [-0.25, -0.2) is 9.59 Å². The number of halogens is 1. The fraction of sp³-hybridized carbons (Fsp3) is 0.667. The second-order valence-electron chi connectivity index (χ2n) is 14.0. The maximum atomic E-state index is 15.6. The number of aromatic carboxylic acids is 1. The summed E-state index contributed by atoms with van der Waals surface area (Å²) in [5.74, 6) is -1.78. The molecule has 1 aromatic carbocycles. The smallest absolute Gasteiger partial charge is 0.410 e. The number of nitrogens with zero attached hydrogens (tertiary/aromatic N) is 5. The van der Waals surface area contributed by atoms with Gasteiger partial charge in [-0.2, -0.15) is 4.39 Å². The van der Waals surface area contributed by atoms with Crippen molar-refractivity contribution >= 4 is 28.7 Å². The number of hydrogen-bond acceptors (Lipinski definition) is 8. The number of likely N-dealkylation sites (tertiary alicyclic amines) is 1. The maximum Gasteiger partial charge on any atom is 0.410 e. The Kier molecular flexibility index (Phi) is 9.65. The Morgan fingerprint density at radius 3 is 2.31 bits per heavy atom. The Morgan fingerprint density at radius 1 is 1.04 bits per heavy atom. The van der Waals surface area contributed by atoms with Gasteiger partial charge in [0.05, 0.1) is 23.7 Å². The average Bonchev–Trinajstić information content (AvgIpc) is 3.70. The Morgan fingerprint density at radius 2 is 1.73 bits per heavy atom. The molecule has 248 valence electrons. The van der Waals surface area contributed by atoms with Crippen molar-refractivity contribution in [3.63, 3.8) is 0 Å². The molecule has 3 fully saturated rings. The summed E-state index contributed by atoms with van der Waals surface area (Å²) in [5, 5.41) is 9.76. The number of piperidine rings is 1. The highest BCUT2D eigenvalue weighted by atomic mass is 19.1. The number of benzene rings is 1. The second kappa shape index (κ2) is 13.2. The summed E-state index contributed by atoms with van der Waals surface area (Å²) < 4.78 is 28.4. The van der Waals surface area contributed by atoms with Gasteiger partial charge in [-0.3, -0.25) is 9.69 Å². The van der Waals surface area contributed by atoms with E-state index in [1.807, 2.05) is 31.7 Å². The van der Waals surface area contributed by atoms with Crippen LogP contribution in [-0.4, -0.2) is 115 Å². The number of carboxylic acid groups (broad SMARTS) is 1. The minimum Gasteiger partial charge on any atom is -0.492 e. The summed E-state index contributed by atoms with van der Waals surface area (Å²) in [5.41, 5.74) is -1.05. The van der Waals surface area contributed by atoms with E-state index in [4.69, 9.17) is 9.47 Å². The molecular formula is C33H48FN5O6. The van der Waals surface area contributed by atoms with Crippen LogP contribution < -0.4 is 15.1 Å². The van der Waals surface area contributed by atoms with Crippen LogP contribution in [0.25, 0.3) is 10.9 Å².